The number of furan rings is 1. The first-order valence-electron chi connectivity index (χ1n) is 11.6. The van der Waals surface area contributed by atoms with Crippen LogP contribution in [0.2, 0.25) is 0 Å². The van der Waals surface area contributed by atoms with E-state index in [-0.39, 0.29) is 0 Å². The van der Waals surface area contributed by atoms with Gasteiger partial charge >= 0.3 is 0 Å². The third kappa shape index (κ3) is 2.35. The molecule has 146 valence electrons. The van der Waals surface area contributed by atoms with Crippen molar-refractivity contribution in [2.75, 3.05) is 0 Å². The molecule has 0 N–H and O–H groups in total. The lowest BCUT2D eigenvalue weighted by atomic mass is 10.0. The Morgan fingerprint density at radius 3 is 2.39 bits per heavy atom. The summed E-state index contributed by atoms with van der Waals surface area (Å²) in [5, 5.41) is 6.81. The van der Waals surface area contributed by atoms with Crippen molar-refractivity contribution in [2.45, 2.75) is 6.85 Å². The predicted molar refractivity (Wildman–Crippen MR) is 132 cm³/mol. The van der Waals surface area contributed by atoms with Gasteiger partial charge in [-0.3, -0.25) is 4.98 Å². The Morgan fingerprint density at radius 1 is 0.742 bits per heavy atom. The van der Waals surface area contributed by atoms with Crippen LogP contribution in [-0.2, 0) is 0 Å². The fourth-order valence-corrected chi connectivity index (χ4v) is 5.97. The monoisotopic (exact) mass is 418 g/mol. The molecular formula is C28H17NOS. The molecule has 7 aromatic rings. The van der Waals surface area contributed by atoms with Crippen LogP contribution in [0.15, 0.2) is 89.5 Å². The molecular weight excluding hydrogens is 398 g/mol. The van der Waals surface area contributed by atoms with Gasteiger partial charge in [-0.25, -0.2) is 0 Å². The molecule has 0 fully saturated rings. The molecule has 0 spiro atoms. The molecule has 3 heterocycles. The van der Waals surface area contributed by atoms with Crippen LogP contribution in [0, 0.1) is 6.85 Å². The number of hydrogen-bond acceptors (Lipinski definition) is 3. The van der Waals surface area contributed by atoms with Crippen molar-refractivity contribution in [3.05, 3.63) is 90.6 Å². The number of rotatable bonds is 1. The lowest BCUT2D eigenvalue weighted by molar-refractivity contribution is 0.672. The van der Waals surface area contributed by atoms with Crippen molar-refractivity contribution in [3.8, 4) is 11.3 Å². The number of fused-ring (bicyclic) bond motifs is 9. The molecule has 2 nitrogen and oxygen atoms in total. The van der Waals surface area contributed by atoms with Gasteiger partial charge in [0.05, 0.1) is 5.69 Å². The van der Waals surface area contributed by atoms with Gasteiger partial charge in [-0.1, -0.05) is 48.5 Å². The summed E-state index contributed by atoms with van der Waals surface area (Å²) in [6.07, 6.45) is 1.58. The molecule has 0 amide bonds. The Balaban J connectivity index is 1.53. The molecule has 0 bridgehead atoms. The fraction of sp³-hybridized carbons (Fsp3) is 0.0357. The summed E-state index contributed by atoms with van der Waals surface area (Å²) in [7, 11) is 0. The maximum atomic E-state index is 7.78. The summed E-state index contributed by atoms with van der Waals surface area (Å²) in [5.74, 6) is 0. The van der Waals surface area contributed by atoms with Gasteiger partial charge in [0.15, 0.2) is 0 Å². The van der Waals surface area contributed by atoms with E-state index in [1.165, 1.54) is 10.1 Å². The van der Waals surface area contributed by atoms with E-state index in [9.17, 15) is 0 Å². The largest absolute Gasteiger partial charge is 0.455 e. The Kier molecular flexibility index (Phi) is 2.85. The topological polar surface area (TPSA) is 26.0 Å². The number of benzene rings is 4. The minimum absolute atomic E-state index is 0.299. The highest BCUT2D eigenvalue weighted by atomic mass is 32.1. The van der Waals surface area contributed by atoms with Gasteiger partial charge in [0, 0.05) is 57.6 Å². The molecule has 0 atom stereocenters. The molecule has 0 unspecified atom stereocenters. The van der Waals surface area contributed by atoms with Crippen molar-refractivity contribution >= 4 is 64.2 Å². The molecule has 0 saturated carbocycles. The average molecular weight is 419 g/mol. The van der Waals surface area contributed by atoms with Gasteiger partial charge in [0.2, 0.25) is 0 Å². The molecule has 0 aliphatic heterocycles. The molecule has 0 aliphatic rings. The number of hydrogen-bond donors (Lipinski definition) is 0. The van der Waals surface area contributed by atoms with E-state index in [2.05, 4.69) is 41.4 Å². The van der Waals surface area contributed by atoms with Crippen LogP contribution in [0.5, 0.6) is 0 Å². The molecule has 7 rings (SSSR count). The molecule has 31 heavy (non-hydrogen) atoms. The molecule has 0 aliphatic carbocycles. The van der Waals surface area contributed by atoms with Crippen LogP contribution in [0.4, 0.5) is 0 Å². The van der Waals surface area contributed by atoms with Gasteiger partial charge in [0.1, 0.15) is 11.2 Å². The second-order valence-corrected chi connectivity index (χ2v) is 8.81. The number of aryl methyl sites for hydroxylation is 1. The molecule has 4 aromatic carbocycles. The van der Waals surface area contributed by atoms with E-state index >= 15 is 0 Å². The van der Waals surface area contributed by atoms with Crippen LogP contribution < -0.4 is 0 Å². The number of aromatic nitrogens is 1. The van der Waals surface area contributed by atoms with Crippen LogP contribution in [0.1, 0.15) is 9.68 Å². The Morgan fingerprint density at radius 2 is 1.48 bits per heavy atom. The van der Waals surface area contributed by atoms with Gasteiger partial charge in [-0.05, 0) is 42.7 Å². The first-order chi connectivity index (χ1) is 16.5. The number of nitrogens with zero attached hydrogens (tertiary/aromatic N) is 1. The minimum Gasteiger partial charge on any atom is -0.455 e. The second-order valence-electron chi connectivity index (χ2n) is 7.79. The summed E-state index contributed by atoms with van der Waals surface area (Å²) >= 11 is 1.72. The average Bonchev–Trinajstić information content (AvgIpc) is 3.42. The predicted octanol–water partition coefficient (Wildman–Crippen LogP) is 8.48. The highest BCUT2D eigenvalue weighted by molar-refractivity contribution is 7.27. The normalized spacial score (nSPS) is 13.9. The Labute approximate surface area is 186 Å². The fourth-order valence-electron chi connectivity index (χ4n) is 4.62. The van der Waals surface area contributed by atoms with Crippen molar-refractivity contribution in [1.29, 1.82) is 0 Å². The van der Waals surface area contributed by atoms with Crippen LogP contribution in [0.3, 0.4) is 0 Å². The van der Waals surface area contributed by atoms with Crippen molar-refractivity contribution in [2.24, 2.45) is 0 Å². The third-order valence-corrected chi connectivity index (χ3v) is 7.32. The van der Waals surface area contributed by atoms with Gasteiger partial charge < -0.3 is 4.42 Å². The summed E-state index contributed by atoms with van der Waals surface area (Å²) in [6.45, 7) is -2.17. The molecule has 0 radical (unpaired) electrons. The number of para-hydroxylation sites is 1. The molecule has 0 saturated heterocycles. The zero-order valence-electron chi connectivity index (χ0n) is 19.3. The molecule has 3 heteroatoms. The first kappa shape index (κ1) is 14.3. The maximum Gasteiger partial charge on any atom is 0.143 e. The molecule has 3 aromatic heterocycles. The zero-order valence-corrected chi connectivity index (χ0v) is 17.2. The van der Waals surface area contributed by atoms with Crippen molar-refractivity contribution in [1.82, 2.24) is 4.98 Å². The first-order valence-corrected chi connectivity index (χ1v) is 11.0. The van der Waals surface area contributed by atoms with E-state index in [0.29, 0.717) is 11.3 Å². The third-order valence-electron chi connectivity index (χ3n) is 6.04. The summed E-state index contributed by atoms with van der Waals surface area (Å²) in [6, 6.07) is 26.2. The minimum atomic E-state index is -2.17. The quantitative estimate of drug-likeness (QED) is 0.267. The maximum absolute atomic E-state index is 7.78. The Bertz CT molecular complexity index is 1910. The van der Waals surface area contributed by atoms with Gasteiger partial charge in [-0.2, -0.15) is 0 Å². The summed E-state index contributed by atoms with van der Waals surface area (Å²) in [4.78, 5) is 4.51. The summed E-state index contributed by atoms with van der Waals surface area (Å²) < 4.78 is 31.9. The second kappa shape index (κ2) is 6.16. The van der Waals surface area contributed by atoms with Crippen LogP contribution >= 0.6 is 11.3 Å². The SMILES string of the molecule is [2H]C([2H])([2H])c1ccnc(-c2cccc3c2sc2c3ccc3c2ccc2c4ccccc4oc23)c1. The van der Waals surface area contributed by atoms with Gasteiger partial charge in [-0.15, -0.1) is 11.3 Å². The van der Waals surface area contributed by atoms with E-state index < -0.39 is 6.85 Å². The van der Waals surface area contributed by atoms with Gasteiger partial charge in [0.25, 0.3) is 0 Å². The van der Waals surface area contributed by atoms with Crippen LogP contribution in [0.25, 0.3) is 64.1 Å². The Hall–Kier alpha value is -3.69. The zero-order chi connectivity index (χ0) is 23.0. The lowest BCUT2D eigenvalue weighted by Gasteiger charge is -2.03. The lowest BCUT2D eigenvalue weighted by Crippen LogP contribution is -1.84. The highest BCUT2D eigenvalue weighted by Gasteiger charge is 2.16. The van der Waals surface area contributed by atoms with E-state index in [1.807, 2.05) is 30.3 Å². The smallest absolute Gasteiger partial charge is 0.143 e. The summed E-state index contributed by atoms with van der Waals surface area (Å²) in [5.41, 5.74) is 3.72. The van der Waals surface area contributed by atoms with E-state index in [1.54, 1.807) is 29.7 Å². The van der Waals surface area contributed by atoms with Crippen molar-refractivity contribution in [3.63, 3.8) is 0 Å². The van der Waals surface area contributed by atoms with Crippen LogP contribution in [-0.4, -0.2) is 4.98 Å². The highest BCUT2D eigenvalue weighted by Crippen LogP contribution is 2.44. The van der Waals surface area contributed by atoms with E-state index in [0.717, 1.165) is 48.4 Å². The number of pyridine rings is 1. The standard InChI is InChI=1S/C28H17NOS/c1-16-13-14-29-24(15-16)23-7-4-6-20-22-12-10-19-21(27(22)31-28(20)23)11-9-18-17-5-2-3-8-25(17)30-26(18)19/h2-15H,1H3/i1D3. The van der Waals surface area contributed by atoms with E-state index in [4.69, 9.17) is 8.53 Å². The number of thiophene rings is 1. The van der Waals surface area contributed by atoms with Crippen molar-refractivity contribution < 1.29 is 8.53 Å².